The highest BCUT2D eigenvalue weighted by Crippen LogP contribution is 2.33. The third-order valence-corrected chi connectivity index (χ3v) is 5.76. The van der Waals surface area contributed by atoms with Gasteiger partial charge in [0.05, 0.1) is 25.6 Å². The predicted molar refractivity (Wildman–Crippen MR) is 112 cm³/mol. The summed E-state index contributed by atoms with van der Waals surface area (Å²) < 4.78 is 10.9. The van der Waals surface area contributed by atoms with Crippen molar-refractivity contribution in [2.45, 2.75) is 32.7 Å². The highest BCUT2D eigenvalue weighted by molar-refractivity contribution is 6.03. The van der Waals surface area contributed by atoms with Gasteiger partial charge in [0.25, 0.3) is 5.91 Å². The van der Waals surface area contributed by atoms with Crippen LogP contribution in [0, 0.1) is 11.8 Å². The quantitative estimate of drug-likeness (QED) is 0.769. The highest BCUT2D eigenvalue weighted by atomic mass is 16.5. The zero-order valence-electron chi connectivity index (χ0n) is 17.4. The molecule has 0 radical (unpaired) electrons. The van der Waals surface area contributed by atoms with Gasteiger partial charge in [-0.25, -0.2) is 5.01 Å². The van der Waals surface area contributed by atoms with Gasteiger partial charge in [0.1, 0.15) is 17.6 Å². The molecule has 154 valence electrons. The van der Waals surface area contributed by atoms with Crippen molar-refractivity contribution in [3.63, 3.8) is 0 Å². The third kappa shape index (κ3) is 4.37. The van der Waals surface area contributed by atoms with Gasteiger partial charge in [0.2, 0.25) is 0 Å². The van der Waals surface area contributed by atoms with E-state index >= 15 is 0 Å². The Morgan fingerprint density at radius 2 is 1.90 bits per heavy atom. The fourth-order valence-electron chi connectivity index (χ4n) is 4.59. The number of hydrogen-bond acceptors (Lipinski definition) is 5. The summed E-state index contributed by atoms with van der Waals surface area (Å²) in [5.41, 5.74) is 1.89. The van der Waals surface area contributed by atoms with Crippen LogP contribution in [0.15, 0.2) is 52.2 Å². The van der Waals surface area contributed by atoms with Crippen molar-refractivity contribution in [2.75, 3.05) is 26.7 Å². The molecular formula is C23H29N3O3. The summed E-state index contributed by atoms with van der Waals surface area (Å²) in [5.74, 6) is 2.83. The van der Waals surface area contributed by atoms with Crippen LogP contribution in [-0.2, 0) is 4.79 Å². The second kappa shape index (κ2) is 8.41. The van der Waals surface area contributed by atoms with E-state index in [4.69, 9.17) is 14.3 Å². The number of furan rings is 1. The SMILES string of the molecule is COc1ccc(C2=NN(C(=O)CN3C[C@H](C)C[C@H](C)C3)[C@H](c3ccco3)C2)cc1. The predicted octanol–water partition coefficient (Wildman–Crippen LogP) is 3.94. The van der Waals surface area contributed by atoms with Gasteiger partial charge in [-0.1, -0.05) is 13.8 Å². The molecular weight excluding hydrogens is 366 g/mol. The normalized spacial score (nSPS) is 25.1. The van der Waals surface area contributed by atoms with E-state index in [0.29, 0.717) is 24.8 Å². The molecule has 1 fully saturated rings. The lowest BCUT2D eigenvalue weighted by Crippen LogP contribution is -2.44. The van der Waals surface area contributed by atoms with Crippen LogP contribution in [0.5, 0.6) is 5.75 Å². The van der Waals surface area contributed by atoms with Crippen LogP contribution >= 0.6 is 0 Å². The van der Waals surface area contributed by atoms with Gasteiger partial charge in [0.15, 0.2) is 0 Å². The van der Waals surface area contributed by atoms with Crippen molar-refractivity contribution < 1.29 is 13.9 Å². The Bertz CT molecular complexity index is 850. The molecule has 1 saturated heterocycles. The van der Waals surface area contributed by atoms with Crippen molar-refractivity contribution in [2.24, 2.45) is 16.9 Å². The van der Waals surface area contributed by atoms with E-state index in [-0.39, 0.29) is 11.9 Å². The number of benzene rings is 1. The summed E-state index contributed by atoms with van der Waals surface area (Å²) in [6, 6.07) is 11.4. The van der Waals surface area contributed by atoms with Crippen molar-refractivity contribution in [1.82, 2.24) is 9.91 Å². The number of rotatable bonds is 5. The maximum atomic E-state index is 13.2. The zero-order valence-corrected chi connectivity index (χ0v) is 17.4. The lowest BCUT2D eigenvalue weighted by Gasteiger charge is -2.35. The van der Waals surface area contributed by atoms with Crippen LogP contribution in [0.3, 0.4) is 0 Å². The molecule has 0 bridgehead atoms. The van der Waals surface area contributed by atoms with Crippen LogP contribution < -0.4 is 4.74 Å². The Kier molecular flexibility index (Phi) is 5.72. The van der Waals surface area contributed by atoms with E-state index in [1.807, 2.05) is 36.4 Å². The Balaban J connectivity index is 1.55. The smallest absolute Gasteiger partial charge is 0.257 e. The molecule has 0 aliphatic carbocycles. The summed E-state index contributed by atoms with van der Waals surface area (Å²) in [6.07, 6.45) is 3.51. The fourth-order valence-corrected chi connectivity index (χ4v) is 4.59. The minimum Gasteiger partial charge on any atom is -0.497 e. The Hall–Kier alpha value is -2.60. The first-order valence-electron chi connectivity index (χ1n) is 10.3. The lowest BCUT2D eigenvalue weighted by molar-refractivity contribution is -0.135. The zero-order chi connectivity index (χ0) is 20.4. The summed E-state index contributed by atoms with van der Waals surface area (Å²) in [4.78, 5) is 15.5. The number of likely N-dealkylation sites (tertiary alicyclic amines) is 1. The van der Waals surface area contributed by atoms with E-state index in [9.17, 15) is 4.79 Å². The summed E-state index contributed by atoms with van der Waals surface area (Å²) >= 11 is 0. The Morgan fingerprint density at radius 1 is 1.17 bits per heavy atom. The maximum Gasteiger partial charge on any atom is 0.257 e. The lowest BCUT2D eigenvalue weighted by atomic mass is 9.92. The molecule has 29 heavy (non-hydrogen) atoms. The molecule has 1 amide bonds. The second-order valence-corrected chi connectivity index (χ2v) is 8.39. The standard InChI is InChI=1S/C23H29N3O3/c1-16-11-17(2)14-25(13-16)15-23(27)26-21(22-5-4-10-29-22)12-20(24-26)18-6-8-19(28-3)9-7-18/h4-10,16-17,21H,11-15H2,1-3H3/t16-,17+,21-/m0/s1. The molecule has 4 rings (SSSR count). The van der Waals surface area contributed by atoms with Gasteiger partial charge >= 0.3 is 0 Å². The number of hydrogen-bond donors (Lipinski definition) is 0. The van der Waals surface area contributed by atoms with Gasteiger partial charge in [0, 0.05) is 19.5 Å². The van der Waals surface area contributed by atoms with Gasteiger partial charge < -0.3 is 9.15 Å². The van der Waals surface area contributed by atoms with E-state index in [1.165, 1.54) is 6.42 Å². The molecule has 2 aliphatic rings. The van der Waals surface area contributed by atoms with Crippen molar-refractivity contribution in [3.8, 4) is 5.75 Å². The summed E-state index contributed by atoms with van der Waals surface area (Å²) in [6.45, 7) is 6.84. The molecule has 0 saturated carbocycles. The minimum atomic E-state index is -0.200. The number of hydrazone groups is 1. The molecule has 3 heterocycles. The van der Waals surface area contributed by atoms with E-state index < -0.39 is 0 Å². The first kappa shape index (κ1) is 19.7. The second-order valence-electron chi connectivity index (χ2n) is 8.39. The molecule has 2 aromatic rings. The molecule has 6 heteroatoms. The van der Waals surface area contributed by atoms with Crippen LogP contribution in [0.1, 0.15) is 44.1 Å². The largest absolute Gasteiger partial charge is 0.497 e. The monoisotopic (exact) mass is 395 g/mol. The molecule has 1 aromatic heterocycles. The number of carbonyl (C=O) groups excluding carboxylic acids is 1. The van der Waals surface area contributed by atoms with E-state index in [1.54, 1.807) is 18.4 Å². The van der Waals surface area contributed by atoms with Gasteiger partial charge in [-0.2, -0.15) is 5.10 Å². The highest BCUT2D eigenvalue weighted by Gasteiger charge is 2.36. The number of ether oxygens (including phenoxy) is 1. The minimum absolute atomic E-state index is 0.0243. The van der Waals surface area contributed by atoms with Crippen LogP contribution in [0.4, 0.5) is 0 Å². The number of carbonyl (C=O) groups is 1. The number of amides is 1. The van der Waals surface area contributed by atoms with Crippen LogP contribution in [0.2, 0.25) is 0 Å². The third-order valence-electron chi connectivity index (χ3n) is 5.76. The fraction of sp³-hybridized carbons (Fsp3) is 0.478. The van der Waals surface area contributed by atoms with Gasteiger partial charge in [-0.05, 0) is 60.2 Å². The molecule has 0 unspecified atom stereocenters. The van der Waals surface area contributed by atoms with Crippen LogP contribution in [0.25, 0.3) is 0 Å². The Morgan fingerprint density at radius 3 is 2.52 bits per heavy atom. The number of nitrogens with zero attached hydrogens (tertiary/aromatic N) is 3. The van der Waals surface area contributed by atoms with Crippen molar-refractivity contribution in [3.05, 3.63) is 54.0 Å². The maximum absolute atomic E-state index is 13.2. The van der Waals surface area contributed by atoms with Gasteiger partial charge in [-0.15, -0.1) is 0 Å². The van der Waals surface area contributed by atoms with E-state index in [0.717, 1.165) is 35.9 Å². The Labute approximate surface area is 172 Å². The number of piperidine rings is 1. The van der Waals surface area contributed by atoms with Gasteiger partial charge in [-0.3, -0.25) is 9.69 Å². The molecule has 2 aliphatic heterocycles. The molecule has 3 atom stereocenters. The van der Waals surface area contributed by atoms with E-state index in [2.05, 4.69) is 18.7 Å². The average molecular weight is 396 g/mol. The first-order chi connectivity index (χ1) is 14.0. The summed E-state index contributed by atoms with van der Waals surface area (Å²) in [7, 11) is 1.65. The average Bonchev–Trinajstić information content (AvgIpc) is 3.37. The molecule has 1 aromatic carbocycles. The van der Waals surface area contributed by atoms with Crippen molar-refractivity contribution in [1.29, 1.82) is 0 Å². The molecule has 0 spiro atoms. The molecule has 6 nitrogen and oxygen atoms in total. The molecule has 0 N–H and O–H groups in total. The summed E-state index contributed by atoms with van der Waals surface area (Å²) in [5, 5.41) is 6.35. The van der Waals surface area contributed by atoms with Crippen LogP contribution in [-0.4, -0.2) is 48.3 Å². The number of methoxy groups -OCH3 is 1. The van der Waals surface area contributed by atoms with Crippen molar-refractivity contribution >= 4 is 11.6 Å². The topological polar surface area (TPSA) is 58.3 Å². The first-order valence-corrected chi connectivity index (χ1v) is 10.3.